The Bertz CT molecular complexity index is 651. The highest BCUT2D eigenvalue weighted by molar-refractivity contribution is 7.80. The lowest BCUT2D eigenvalue weighted by atomic mass is 10.1. The lowest BCUT2D eigenvalue weighted by Crippen LogP contribution is -2.34. The van der Waals surface area contributed by atoms with Gasteiger partial charge in [-0.2, -0.15) is 0 Å². The number of thiocarbonyl (C=S) groups is 1. The smallest absolute Gasteiger partial charge is 0.257 e. The van der Waals surface area contributed by atoms with Gasteiger partial charge < -0.3 is 11.1 Å². The number of hydrogen-bond donors (Lipinski definition) is 3. The molecule has 0 aromatic heterocycles. The van der Waals surface area contributed by atoms with E-state index in [1.807, 2.05) is 24.3 Å². The summed E-state index contributed by atoms with van der Waals surface area (Å²) in [5.41, 5.74) is 8.88. The highest BCUT2D eigenvalue weighted by Gasteiger charge is 2.07. The predicted octanol–water partition coefficient (Wildman–Crippen LogP) is 3.35. The number of nitrogens with two attached hydrogens (primary N) is 1. The number of carbonyl (C=O) groups is 1. The molecule has 0 unspecified atom stereocenters. The first kappa shape index (κ1) is 16.0. The van der Waals surface area contributed by atoms with Gasteiger partial charge in [-0.25, -0.2) is 0 Å². The molecule has 2 rings (SSSR count). The van der Waals surface area contributed by atoms with Crippen molar-refractivity contribution >= 4 is 34.6 Å². The van der Waals surface area contributed by atoms with Crippen molar-refractivity contribution in [3.05, 3.63) is 59.7 Å². The first-order chi connectivity index (χ1) is 10.6. The average molecular weight is 313 g/mol. The van der Waals surface area contributed by atoms with Crippen LogP contribution in [0.4, 0.5) is 11.4 Å². The maximum absolute atomic E-state index is 12.1. The first-order valence-corrected chi connectivity index (χ1v) is 7.56. The molecule has 4 nitrogen and oxygen atoms in total. The average Bonchev–Trinajstić information content (AvgIpc) is 2.50. The minimum absolute atomic E-state index is 0.226. The van der Waals surface area contributed by atoms with Crippen LogP contribution in [-0.2, 0) is 6.42 Å². The second-order valence-corrected chi connectivity index (χ2v) is 5.39. The summed E-state index contributed by atoms with van der Waals surface area (Å²) in [5.74, 6) is -0.226. The topological polar surface area (TPSA) is 67.2 Å². The summed E-state index contributed by atoms with van der Waals surface area (Å²) in [4.78, 5) is 12.1. The van der Waals surface area contributed by atoms with E-state index in [2.05, 4.69) is 17.6 Å². The third-order valence-electron chi connectivity index (χ3n) is 3.15. The fourth-order valence-corrected chi connectivity index (χ4v) is 2.23. The van der Waals surface area contributed by atoms with Gasteiger partial charge in [-0.15, -0.1) is 0 Å². The molecule has 114 valence electrons. The van der Waals surface area contributed by atoms with E-state index in [9.17, 15) is 4.79 Å². The number of anilines is 2. The molecule has 4 N–H and O–H groups in total. The van der Waals surface area contributed by atoms with Gasteiger partial charge in [0.2, 0.25) is 0 Å². The Morgan fingerprint density at radius 1 is 1.09 bits per heavy atom. The van der Waals surface area contributed by atoms with Crippen LogP contribution in [0, 0.1) is 0 Å². The molecule has 0 aliphatic rings. The maximum Gasteiger partial charge on any atom is 0.257 e. The Kier molecular flexibility index (Phi) is 5.49. The van der Waals surface area contributed by atoms with Crippen LogP contribution in [0.1, 0.15) is 29.3 Å². The molecule has 5 heteroatoms. The van der Waals surface area contributed by atoms with Crippen LogP contribution >= 0.6 is 12.2 Å². The van der Waals surface area contributed by atoms with Crippen molar-refractivity contribution in [2.45, 2.75) is 19.8 Å². The van der Waals surface area contributed by atoms with Crippen molar-refractivity contribution in [3.8, 4) is 0 Å². The Labute approximate surface area is 135 Å². The van der Waals surface area contributed by atoms with Gasteiger partial charge in [0, 0.05) is 16.9 Å². The minimum Gasteiger partial charge on any atom is -0.399 e. The number of benzene rings is 2. The van der Waals surface area contributed by atoms with Crippen LogP contribution in [0.3, 0.4) is 0 Å². The molecule has 0 heterocycles. The van der Waals surface area contributed by atoms with Gasteiger partial charge in [0.25, 0.3) is 5.91 Å². The third-order valence-corrected chi connectivity index (χ3v) is 3.35. The van der Waals surface area contributed by atoms with Crippen LogP contribution in [0.15, 0.2) is 48.5 Å². The van der Waals surface area contributed by atoms with E-state index < -0.39 is 0 Å². The number of nitrogen functional groups attached to an aromatic ring is 1. The Morgan fingerprint density at radius 2 is 1.73 bits per heavy atom. The van der Waals surface area contributed by atoms with E-state index in [4.69, 9.17) is 18.0 Å². The maximum atomic E-state index is 12.1. The van der Waals surface area contributed by atoms with Gasteiger partial charge in [0.15, 0.2) is 5.11 Å². The second kappa shape index (κ2) is 7.56. The summed E-state index contributed by atoms with van der Waals surface area (Å²) in [7, 11) is 0. The summed E-state index contributed by atoms with van der Waals surface area (Å²) in [6.07, 6.45) is 2.10. The summed E-state index contributed by atoms with van der Waals surface area (Å²) in [6, 6.07) is 14.7. The molecule has 22 heavy (non-hydrogen) atoms. The molecule has 2 aromatic rings. The number of amides is 1. The van der Waals surface area contributed by atoms with E-state index >= 15 is 0 Å². The molecule has 0 aliphatic carbocycles. The van der Waals surface area contributed by atoms with Gasteiger partial charge in [0.05, 0.1) is 0 Å². The Hall–Kier alpha value is -2.40. The standard InChI is InChI=1S/C17H19N3OS/c1-2-3-12-4-6-13(7-5-12)16(21)20-17(22)19-15-10-8-14(18)9-11-15/h4-11H,2-3,18H2,1H3,(H2,19,20,21,22). The number of aryl methyl sites for hydroxylation is 1. The summed E-state index contributed by atoms with van der Waals surface area (Å²) >= 11 is 5.14. The second-order valence-electron chi connectivity index (χ2n) is 4.98. The van der Waals surface area contributed by atoms with Crippen molar-refractivity contribution in [2.24, 2.45) is 0 Å². The number of rotatable bonds is 4. The Balaban J connectivity index is 1.93. The summed E-state index contributed by atoms with van der Waals surface area (Å²) in [5, 5.41) is 5.86. The highest BCUT2D eigenvalue weighted by Crippen LogP contribution is 2.10. The molecule has 0 bridgehead atoms. The van der Waals surface area contributed by atoms with E-state index in [-0.39, 0.29) is 11.0 Å². The van der Waals surface area contributed by atoms with Crippen LogP contribution in [-0.4, -0.2) is 11.0 Å². The van der Waals surface area contributed by atoms with E-state index in [1.54, 1.807) is 24.3 Å². The highest BCUT2D eigenvalue weighted by atomic mass is 32.1. The number of carbonyl (C=O) groups excluding carboxylic acids is 1. The zero-order valence-corrected chi connectivity index (χ0v) is 13.2. The lowest BCUT2D eigenvalue weighted by molar-refractivity contribution is 0.0977. The monoisotopic (exact) mass is 313 g/mol. The van der Waals surface area contributed by atoms with Gasteiger partial charge in [-0.3, -0.25) is 10.1 Å². The van der Waals surface area contributed by atoms with Crippen LogP contribution < -0.4 is 16.4 Å². The molecule has 0 spiro atoms. The van der Waals surface area contributed by atoms with E-state index in [0.717, 1.165) is 18.5 Å². The van der Waals surface area contributed by atoms with Crippen molar-refractivity contribution in [1.29, 1.82) is 0 Å². The van der Waals surface area contributed by atoms with E-state index in [1.165, 1.54) is 5.56 Å². The minimum atomic E-state index is -0.226. The van der Waals surface area contributed by atoms with Crippen LogP contribution in [0.25, 0.3) is 0 Å². The SMILES string of the molecule is CCCc1ccc(C(=O)NC(=S)Nc2ccc(N)cc2)cc1. The third kappa shape index (κ3) is 4.56. The summed E-state index contributed by atoms with van der Waals surface area (Å²) < 4.78 is 0. The molecule has 0 saturated carbocycles. The molecule has 0 radical (unpaired) electrons. The van der Waals surface area contributed by atoms with Gasteiger partial charge in [0.1, 0.15) is 0 Å². The van der Waals surface area contributed by atoms with Crippen LogP contribution in [0.2, 0.25) is 0 Å². The zero-order valence-electron chi connectivity index (χ0n) is 12.4. The van der Waals surface area contributed by atoms with E-state index in [0.29, 0.717) is 11.3 Å². The molecular weight excluding hydrogens is 294 g/mol. The largest absolute Gasteiger partial charge is 0.399 e. The molecular formula is C17H19N3OS. The zero-order chi connectivity index (χ0) is 15.9. The quantitative estimate of drug-likeness (QED) is 0.598. The normalized spacial score (nSPS) is 10.0. The molecule has 0 aliphatic heterocycles. The van der Waals surface area contributed by atoms with Crippen molar-refractivity contribution in [1.82, 2.24) is 5.32 Å². The number of hydrogen-bond acceptors (Lipinski definition) is 3. The number of nitrogens with one attached hydrogen (secondary N) is 2. The summed E-state index contributed by atoms with van der Waals surface area (Å²) in [6.45, 7) is 2.13. The van der Waals surface area contributed by atoms with Crippen molar-refractivity contribution < 1.29 is 4.79 Å². The van der Waals surface area contributed by atoms with Crippen molar-refractivity contribution in [2.75, 3.05) is 11.1 Å². The molecule has 1 amide bonds. The van der Waals surface area contributed by atoms with Crippen molar-refractivity contribution in [3.63, 3.8) is 0 Å². The lowest BCUT2D eigenvalue weighted by Gasteiger charge is -2.10. The molecule has 0 saturated heterocycles. The fourth-order valence-electron chi connectivity index (χ4n) is 2.02. The Morgan fingerprint density at radius 3 is 2.32 bits per heavy atom. The van der Waals surface area contributed by atoms with Gasteiger partial charge >= 0.3 is 0 Å². The molecule has 0 fully saturated rings. The first-order valence-electron chi connectivity index (χ1n) is 7.15. The van der Waals surface area contributed by atoms with Gasteiger partial charge in [-0.05, 0) is 60.6 Å². The van der Waals surface area contributed by atoms with Gasteiger partial charge in [-0.1, -0.05) is 25.5 Å². The molecule has 0 atom stereocenters. The predicted molar refractivity (Wildman–Crippen MR) is 95.0 cm³/mol. The van der Waals surface area contributed by atoms with Crippen LogP contribution in [0.5, 0.6) is 0 Å². The molecule has 2 aromatic carbocycles. The fraction of sp³-hybridized carbons (Fsp3) is 0.176.